The molecular weight excluding hydrogens is 352 g/mol. The van der Waals surface area contributed by atoms with Crippen molar-refractivity contribution in [2.24, 2.45) is 0 Å². The van der Waals surface area contributed by atoms with E-state index in [9.17, 15) is 4.79 Å². The Morgan fingerprint density at radius 1 is 1.11 bits per heavy atom. The molecule has 28 heavy (non-hydrogen) atoms. The maximum atomic E-state index is 12.5. The Morgan fingerprint density at radius 3 is 2.68 bits per heavy atom. The van der Waals surface area contributed by atoms with E-state index in [0.29, 0.717) is 13.0 Å². The van der Waals surface area contributed by atoms with E-state index in [0.717, 1.165) is 28.8 Å². The standard InChI is InChI=1S/C23H26N2O3/c1-27-20-8-9-21-19(16-28-22(21)13-20)12-23(26)24-14-17-6-2-3-7-18(17)15-25-10-4-5-11-25/h2-3,6-9,13,16H,4-5,10-12,14-15H2,1H3,(H,24,26)/p+1. The van der Waals surface area contributed by atoms with Gasteiger partial charge in [-0.05, 0) is 17.7 Å². The Hall–Kier alpha value is -2.79. The summed E-state index contributed by atoms with van der Waals surface area (Å²) in [6.07, 6.45) is 4.60. The molecule has 0 aliphatic carbocycles. The fourth-order valence-electron chi connectivity index (χ4n) is 3.98. The third kappa shape index (κ3) is 4.20. The van der Waals surface area contributed by atoms with Crippen LogP contribution in [0.25, 0.3) is 11.0 Å². The first-order chi connectivity index (χ1) is 13.7. The maximum absolute atomic E-state index is 12.5. The van der Waals surface area contributed by atoms with Crippen LogP contribution in [-0.2, 0) is 24.3 Å². The third-order valence-corrected chi connectivity index (χ3v) is 5.56. The summed E-state index contributed by atoms with van der Waals surface area (Å²) in [5.74, 6) is 0.747. The number of rotatable bonds is 7. The van der Waals surface area contributed by atoms with Crippen LogP contribution in [0.2, 0.25) is 0 Å². The first-order valence-electron chi connectivity index (χ1n) is 9.94. The van der Waals surface area contributed by atoms with Gasteiger partial charge in [0.25, 0.3) is 0 Å². The van der Waals surface area contributed by atoms with Crippen molar-refractivity contribution in [1.29, 1.82) is 0 Å². The molecule has 2 aromatic carbocycles. The number of carbonyl (C=O) groups is 1. The zero-order valence-corrected chi connectivity index (χ0v) is 16.3. The molecule has 1 fully saturated rings. The van der Waals surface area contributed by atoms with E-state index in [4.69, 9.17) is 9.15 Å². The van der Waals surface area contributed by atoms with Crippen LogP contribution in [-0.4, -0.2) is 26.1 Å². The van der Waals surface area contributed by atoms with E-state index >= 15 is 0 Å². The molecule has 1 aromatic heterocycles. The van der Waals surface area contributed by atoms with Gasteiger partial charge in [0.15, 0.2) is 0 Å². The molecule has 0 bridgehead atoms. The zero-order valence-electron chi connectivity index (χ0n) is 16.3. The number of amides is 1. The highest BCUT2D eigenvalue weighted by Gasteiger charge is 2.17. The van der Waals surface area contributed by atoms with Gasteiger partial charge in [0.05, 0.1) is 32.9 Å². The molecule has 1 aliphatic heterocycles. The molecule has 2 N–H and O–H groups in total. The second-order valence-corrected chi connectivity index (χ2v) is 7.48. The number of benzene rings is 2. The van der Waals surface area contributed by atoms with Crippen molar-refractivity contribution in [3.63, 3.8) is 0 Å². The second-order valence-electron chi connectivity index (χ2n) is 7.48. The Morgan fingerprint density at radius 2 is 1.89 bits per heavy atom. The van der Waals surface area contributed by atoms with Crippen molar-refractivity contribution in [2.45, 2.75) is 32.4 Å². The maximum Gasteiger partial charge on any atom is 0.224 e. The lowest BCUT2D eigenvalue weighted by Gasteiger charge is -2.15. The molecule has 0 radical (unpaired) electrons. The van der Waals surface area contributed by atoms with Crippen LogP contribution in [0, 0.1) is 0 Å². The topological polar surface area (TPSA) is 55.9 Å². The van der Waals surface area contributed by atoms with Gasteiger partial charge in [-0.2, -0.15) is 0 Å². The normalized spacial score (nSPS) is 14.5. The van der Waals surface area contributed by atoms with Gasteiger partial charge in [0, 0.05) is 42.0 Å². The van der Waals surface area contributed by atoms with Crippen molar-refractivity contribution in [3.8, 4) is 5.75 Å². The predicted octanol–water partition coefficient (Wildman–Crippen LogP) is 2.48. The first-order valence-corrected chi connectivity index (χ1v) is 9.94. The van der Waals surface area contributed by atoms with E-state index in [1.165, 1.54) is 37.1 Å². The molecule has 5 nitrogen and oxygen atoms in total. The number of ether oxygens (including phenoxy) is 1. The molecule has 1 saturated heterocycles. The lowest BCUT2D eigenvalue weighted by molar-refractivity contribution is -0.901. The number of hydrogen-bond donors (Lipinski definition) is 2. The second kappa shape index (κ2) is 8.48. The van der Waals surface area contributed by atoms with Gasteiger partial charge in [0.1, 0.15) is 17.9 Å². The van der Waals surface area contributed by atoms with Gasteiger partial charge in [-0.3, -0.25) is 4.79 Å². The molecule has 2 heterocycles. The summed E-state index contributed by atoms with van der Waals surface area (Å²) < 4.78 is 10.8. The number of quaternary nitrogens is 1. The van der Waals surface area contributed by atoms with E-state index in [2.05, 4.69) is 23.5 Å². The van der Waals surface area contributed by atoms with Crippen molar-refractivity contribution in [2.75, 3.05) is 20.2 Å². The molecule has 5 heteroatoms. The Kier molecular flexibility index (Phi) is 5.63. The molecule has 4 rings (SSSR count). The number of likely N-dealkylation sites (tertiary alicyclic amines) is 1. The number of nitrogens with one attached hydrogen (secondary N) is 2. The molecule has 0 unspecified atom stereocenters. The van der Waals surface area contributed by atoms with Gasteiger partial charge in [-0.15, -0.1) is 0 Å². The van der Waals surface area contributed by atoms with E-state index < -0.39 is 0 Å². The molecule has 146 valence electrons. The smallest absolute Gasteiger partial charge is 0.224 e. The molecule has 0 atom stereocenters. The molecule has 3 aromatic rings. The van der Waals surface area contributed by atoms with Gasteiger partial charge in [0.2, 0.25) is 5.91 Å². The SMILES string of the molecule is COc1ccc2c(CC(=O)NCc3ccccc3C[NH+]3CCCC3)coc2c1. The van der Waals surface area contributed by atoms with Crippen molar-refractivity contribution >= 4 is 16.9 Å². The number of hydrogen-bond acceptors (Lipinski definition) is 3. The quantitative estimate of drug-likeness (QED) is 0.663. The highest BCUT2D eigenvalue weighted by atomic mass is 16.5. The Labute approximate surface area is 165 Å². The minimum Gasteiger partial charge on any atom is -0.497 e. The van der Waals surface area contributed by atoms with Gasteiger partial charge < -0.3 is 19.4 Å². The monoisotopic (exact) mass is 379 g/mol. The summed E-state index contributed by atoms with van der Waals surface area (Å²) >= 11 is 0. The number of carbonyl (C=O) groups excluding carboxylic acids is 1. The number of fused-ring (bicyclic) bond motifs is 1. The fraction of sp³-hybridized carbons (Fsp3) is 0.348. The summed E-state index contributed by atoms with van der Waals surface area (Å²) in [7, 11) is 1.63. The molecular formula is C23H27N2O3+. The minimum atomic E-state index is 0.00170. The van der Waals surface area contributed by atoms with Gasteiger partial charge in [-0.25, -0.2) is 0 Å². The summed E-state index contributed by atoms with van der Waals surface area (Å²) in [5, 5.41) is 4.03. The average molecular weight is 379 g/mol. The molecule has 1 aliphatic rings. The Bertz CT molecular complexity index is 957. The lowest BCUT2D eigenvalue weighted by Crippen LogP contribution is -3.08. The van der Waals surface area contributed by atoms with Crippen molar-refractivity contribution in [1.82, 2.24) is 5.32 Å². The van der Waals surface area contributed by atoms with Crippen LogP contribution in [0.1, 0.15) is 29.5 Å². The van der Waals surface area contributed by atoms with E-state index in [1.54, 1.807) is 18.3 Å². The Balaban J connectivity index is 1.38. The number of methoxy groups -OCH3 is 1. The summed E-state index contributed by atoms with van der Waals surface area (Å²) in [6, 6.07) is 14.1. The highest BCUT2D eigenvalue weighted by molar-refractivity contribution is 5.88. The first kappa shape index (κ1) is 18.6. The zero-order chi connectivity index (χ0) is 19.3. The molecule has 0 spiro atoms. The minimum absolute atomic E-state index is 0.00170. The third-order valence-electron chi connectivity index (χ3n) is 5.56. The van der Waals surface area contributed by atoms with Gasteiger partial charge >= 0.3 is 0 Å². The predicted molar refractivity (Wildman–Crippen MR) is 108 cm³/mol. The summed E-state index contributed by atoms with van der Waals surface area (Å²) in [6.45, 7) is 4.10. The molecule has 0 saturated carbocycles. The van der Waals surface area contributed by atoms with Crippen LogP contribution in [0.3, 0.4) is 0 Å². The van der Waals surface area contributed by atoms with Crippen LogP contribution in [0.4, 0.5) is 0 Å². The largest absolute Gasteiger partial charge is 0.497 e. The van der Waals surface area contributed by atoms with Crippen LogP contribution < -0.4 is 15.0 Å². The molecule has 1 amide bonds. The average Bonchev–Trinajstić information content (AvgIpc) is 3.37. The van der Waals surface area contributed by atoms with Crippen LogP contribution in [0.15, 0.2) is 53.1 Å². The van der Waals surface area contributed by atoms with Crippen molar-refractivity contribution < 1.29 is 18.8 Å². The van der Waals surface area contributed by atoms with Crippen LogP contribution in [0.5, 0.6) is 5.75 Å². The summed E-state index contributed by atoms with van der Waals surface area (Å²) in [4.78, 5) is 14.2. The van der Waals surface area contributed by atoms with Gasteiger partial charge in [-0.1, -0.05) is 24.3 Å². The number of furan rings is 1. The van der Waals surface area contributed by atoms with E-state index in [-0.39, 0.29) is 5.91 Å². The van der Waals surface area contributed by atoms with Crippen molar-refractivity contribution in [3.05, 3.63) is 65.4 Å². The van der Waals surface area contributed by atoms with E-state index in [1.807, 2.05) is 24.3 Å². The van der Waals surface area contributed by atoms with Crippen LogP contribution >= 0.6 is 0 Å². The fourth-order valence-corrected chi connectivity index (χ4v) is 3.98. The lowest BCUT2D eigenvalue weighted by atomic mass is 10.1. The highest BCUT2D eigenvalue weighted by Crippen LogP contribution is 2.25. The summed E-state index contributed by atoms with van der Waals surface area (Å²) in [5.41, 5.74) is 4.17.